The lowest BCUT2D eigenvalue weighted by atomic mass is 9.84. The third-order valence-corrected chi connectivity index (χ3v) is 7.49. The van der Waals surface area contributed by atoms with Gasteiger partial charge in [-0.05, 0) is 42.7 Å². The van der Waals surface area contributed by atoms with Crippen molar-refractivity contribution in [2.75, 3.05) is 19.7 Å². The highest BCUT2D eigenvalue weighted by Crippen LogP contribution is 2.44. The minimum Gasteiger partial charge on any atom is -0.369 e. The van der Waals surface area contributed by atoms with E-state index in [0.29, 0.717) is 13.0 Å². The molecule has 0 saturated carbocycles. The van der Waals surface area contributed by atoms with E-state index in [0.717, 1.165) is 51.2 Å². The summed E-state index contributed by atoms with van der Waals surface area (Å²) in [4.78, 5) is 28.6. The maximum Gasteiger partial charge on any atom is 0.345 e. The zero-order valence-corrected chi connectivity index (χ0v) is 16.3. The van der Waals surface area contributed by atoms with Gasteiger partial charge in [-0.2, -0.15) is 5.10 Å². The molecule has 1 atom stereocenters. The minimum absolute atomic E-state index is 0.124. The van der Waals surface area contributed by atoms with Gasteiger partial charge in [0.15, 0.2) is 0 Å². The van der Waals surface area contributed by atoms with Crippen LogP contribution >= 0.6 is 11.3 Å². The first-order valence-corrected chi connectivity index (χ1v) is 10.6. The highest BCUT2D eigenvalue weighted by Gasteiger charge is 2.43. The Morgan fingerprint density at radius 3 is 2.96 bits per heavy atom. The monoisotopic (exact) mass is 388 g/mol. The van der Waals surface area contributed by atoms with Crippen LogP contribution in [0.15, 0.2) is 16.2 Å². The van der Waals surface area contributed by atoms with E-state index in [1.54, 1.807) is 23.0 Å². The quantitative estimate of drug-likeness (QED) is 0.738. The van der Waals surface area contributed by atoms with Gasteiger partial charge in [0, 0.05) is 38.0 Å². The normalized spacial score (nSPS) is 23.9. The third-order valence-electron chi connectivity index (χ3n) is 6.35. The molecule has 8 heteroatoms. The maximum atomic E-state index is 13.1. The number of ether oxygens (including phenoxy) is 1. The van der Waals surface area contributed by atoms with Gasteiger partial charge in [-0.1, -0.05) is 0 Å². The molecule has 0 radical (unpaired) electrons. The van der Waals surface area contributed by atoms with Crippen molar-refractivity contribution in [3.63, 3.8) is 0 Å². The lowest BCUT2D eigenvalue weighted by Gasteiger charge is -2.44. The van der Waals surface area contributed by atoms with Gasteiger partial charge < -0.3 is 9.64 Å². The summed E-state index contributed by atoms with van der Waals surface area (Å²) in [7, 11) is 1.66. The Labute approximate surface area is 161 Å². The first-order valence-electron chi connectivity index (χ1n) is 9.70. The number of amides is 1. The zero-order chi connectivity index (χ0) is 18.6. The van der Waals surface area contributed by atoms with Crippen molar-refractivity contribution in [1.82, 2.24) is 19.2 Å². The molecule has 27 heavy (non-hydrogen) atoms. The summed E-state index contributed by atoms with van der Waals surface area (Å²) < 4.78 is 9.28. The fraction of sp³-hybridized carbons (Fsp3) is 0.632. The van der Waals surface area contributed by atoms with E-state index >= 15 is 0 Å². The lowest BCUT2D eigenvalue weighted by molar-refractivity contribution is -0.145. The molecule has 1 saturated heterocycles. The van der Waals surface area contributed by atoms with Gasteiger partial charge in [-0.25, -0.2) is 9.48 Å². The van der Waals surface area contributed by atoms with E-state index in [4.69, 9.17) is 4.74 Å². The van der Waals surface area contributed by atoms with E-state index in [2.05, 4.69) is 16.5 Å². The van der Waals surface area contributed by atoms with Crippen molar-refractivity contribution < 1.29 is 9.53 Å². The van der Waals surface area contributed by atoms with Crippen LogP contribution < -0.4 is 5.69 Å². The predicted molar refractivity (Wildman–Crippen MR) is 101 cm³/mol. The van der Waals surface area contributed by atoms with Crippen LogP contribution in [0.5, 0.6) is 0 Å². The van der Waals surface area contributed by atoms with Crippen LogP contribution in [0.4, 0.5) is 0 Å². The van der Waals surface area contributed by atoms with E-state index in [1.165, 1.54) is 15.1 Å². The van der Waals surface area contributed by atoms with Crippen LogP contribution in [0.3, 0.4) is 0 Å². The number of hydrogen-bond acceptors (Lipinski definition) is 5. The van der Waals surface area contributed by atoms with Gasteiger partial charge in [0.1, 0.15) is 11.4 Å². The van der Waals surface area contributed by atoms with Crippen LogP contribution in [-0.4, -0.2) is 44.9 Å². The summed E-state index contributed by atoms with van der Waals surface area (Å²) >= 11 is 1.79. The smallest absolute Gasteiger partial charge is 0.345 e. The number of carbonyl (C=O) groups excluding carboxylic acids is 1. The molecule has 0 N–H and O–H groups in total. The molecule has 5 rings (SSSR count). The highest BCUT2D eigenvalue weighted by molar-refractivity contribution is 7.10. The van der Waals surface area contributed by atoms with Gasteiger partial charge in [0.25, 0.3) is 0 Å². The van der Waals surface area contributed by atoms with Crippen LogP contribution in [0.1, 0.15) is 35.5 Å². The van der Waals surface area contributed by atoms with Gasteiger partial charge in [0.2, 0.25) is 5.91 Å². The molecule has 1 spiro atoms. The first-order chi connectivity index (χ1) is 13.1. The molecule has 2 aromatic heterocycles. The SMILES string of the molecule is Cn1nc2n(c1=O)CC(C(=O)N1CCC3(CC1)OCCc1ccsc13)CC2. The molecule has 0 aliphatic carbocycles. The molecule has 0 aromatic carbocycles. The minimum atomic E-state index is -0.196. The number of carbonyl (C=O) groups is 1. The second-order valence-electron chi connectivity index (χ2n) is 7.86. The third kappa shape index (κ3) is 2.69. The number of fused-ring (bicyclic) bond motifs is 3. The molecular weight excluding hydrogens is 364 g/mol. The van der Waals surface area contributed by atoms with Gasteiger partial charge in [0.05, 0.1) is 12.5 Å². The standard InChI is InChI=1S/C19H24N4O3S/c1-21-18(25)23-12-14(2-3-15(23)20-21)17(24)22-8-6-19(7-9-22)16-13(4-10-26-19)5-11-27-16/h5,11,14H,2-4,6-10,12H2,1H3. The molecular formula is C19H24N4O3S. The zero-order valence-electron chi connectivity index (χ0n) is 15.5. The Morgan fingerprint density at radius 1 is 1.33 bits per heavy atom. The number of aromatic nitrogens is 3. The summed E-state index contributed by atoms with van der Waals surface area (Å²) in [5, 5.41) is 6.41. The van der Waals surface area contributed by atoms with Crippen molar-refractivity contribution >= 4 is 17.2 Å². The Balaban J connectivity index is 1.29. The van der Waals surface area contributed by atoms with Crippen molar-refractivity contribution in [3.05, 3.63) is 38.2 Å². The van der Waals surface area contributed by atoms with Gasteiger partial charge in [-0.3, -0.25) is 9.36 Å². The summed E-state index contributed by atoms with van der Waals surface area (Å²) in [5.74, 6) is 0.844. The molecule has 7 nitrogen and oxygen atoms in total. The number of nitrogens with zero attached hydrogens (tertiary/aromatic N) is 4. The average Bonchev–Trinajstić information content (AvgIpc) is 3.28. The molecule has 1 amide bonds. The van der Waals surface area contributed by atoms with E-state index in [9.17, 15) is 9.59 Å². The summed E-state index contributed by atoms with van der Waals surface area (Å²) in [6, 6.07) is 2.22. The Hall–Kier alpha value is -1.93. The number of piperidine rings is 1. The molecule has 3 aliphatic rings. The van der Waals surface area contributed by atoms with Crippen LogP contribution in [0.25, 0.3) is 0 Å². The van der Waals surface area contributed by atoms with Gasteiger partial charge >= 0.3 is 5.69 Å². The number of aryl methyl sites for hydroxylation is 2. The fourth-order valence-electron chi connectivity index (χ4n) is 4.81. The highest BCUT2D eigenvalue weighted by atomic mass is 32.1. The van der Waals surface area contributed by atoms with Crippen LogP contribution in [0, 0.1) is 5.92 Å². The van der Waals surface area contributed by atoms with Crippen molar-refractivity contribution in [3.8, 4) is 0 Å². The van der Waals surface area contributed by atoms with E-state index in [1.807, 2.05) is 4.90 Å². The number of rotatable bonds is 1. The topological polar surface area (TPSA) is 69.4 Å². The Morgan fingerprint density at radius 2 is 2.15 bits per heavy atom. The molecule has 144 valence electrons. The molecule has 5 heterocycles. The average molecular weight is 388 g/mol. The Kier molecular flexibility index (Phi) is 4.01. The summed E-state index contributed by atoms with van der Waals surface area (Å²) in [6.07, 6.45) is 4.16. The van der Waals surface area contributed by atoms with Crippen molar-refractivity contribution in [2.45, 2.75) is 44.2 Å². The first kappa shape index (κ1) is 17.2. The van der Waals surface area contributed by atoms with Crippen molar-refractivity contribution in [1.29, 1.82) is 0 Å². The maximum absolute atomic E-state index is 13.1. The second kappa shape index (κ2) is 6.31. The van der Waals surface area contributed by atoms with Crippen molar-refractivity contribution in [2.24, 2.45) is 13.0 Å². The van der Waals surface area contributed by atoms with E-state index < -0.39 is 0 Å². The largest absolute Gasteiger partial charge is 0.369 e. The van der Waals surface area contributed by atoms with Gasteiger partial charge in [-0.15, -0.1) is 11.3 Å². The molecule has 1 fully saturated rings. The molecule has 2 aromatic rings. The number of likely N-dealkylation sites (tertiary alicyclic amines) is 1. The number of hydrogen-bond donors (Lipinski definition) is 0. The lowest BCUT2D eigenvalue weighted by Crippen LogP contribution is -2.50. The molecule has 1 unspecified atom stereocenters. The predicted octanol–water partition coefficient (Wildman–Crippen LogP) is 1.30. The summed E-state index contributed by atoms with van der Waals surface area (Å²) in [5.41, 5.74) is 1.10. The second-order valence-corrected chi connectivity index (χ2v) is 8.78. The van der Waals surface area contributed by atoms with Crippen LogP contribution in [0.2, 0.25) is 0 Å². The number of thiophene rings is 1. The fourth-order valence-corrected chi connectivity index (χ4v) is 5.98. The summed E-state index contributed by atoms with van der Waals surface area (Å²) in [6.45, 7) is 2.67. The molecule has 3 aliphatic heterocycles. The molecule has 0 bridgehead atoms. The van der Waals surface area contributed by atoms with Crippen LogP contribution in [-0.2, 0) is 41.6 Å². The van der Waals surface area contributed by atoms with E-state index in [-0.39, 0.29) is 23.1 Å². The Bertz CT molecular complexity index is 935.